The molecule has 128 valence electrons. The quantitative estimate of drug-likeness (QED) is 0.676. The third kappa shape index (κ3) is 4.95. The summed E-state index contributed by atoms with van der Waals surface area (Å²) in [5.41, 5.74) is 2.01. The Morgan fingerprint density at radius 3 is 2.60 bits per heavy atom. The van der Waals surface area contributed by atoms with Crippen LogP contribution in [0.25, 0.3) is 0 Å². The summed E-state index contributed by atoms with van der Waals surface area (Å²) in [6, 6.07) is 20.9. The van der Waals surface area contributed by atoms with Gasteiger partial charge < -0.3 is 9.73 Å². The maximum atomic E-state index is 12.2. The normalized spacial score (nSPS) is 11.9. The molecule has 4 nitrogen and oxygen atoms in total. The Hall–Kier alpha value is -2.56. The minimum absolute atomic E-state index is 0.0903. The van der Waals surface area contributed by atoms with E-state index in [1.165, 1.54) is 0 Å². The fourth-order valence-electron chi connectivity index (χ4n) is 2.59. The first kappa shape index (κ1) is 17.3. The van der Waals surface area contributed by atoms with Crippen LogP contribution in [-0.4, -0.2) is 12.5 Å². The first-order valence-electron chi connectivity index (χ1n) is 8.05. The molecule has 5 heteroatoms. The number of benzene rings is 2. The van der Waals surface area contributed by atoms with Crippen LogP contribution in [0.4, 0.5) is 0 Å². The van der Waals surface area contributed by atoms with Gasteiger partial charge in [-0.15, -0.1) is 0 Å². The number of hydrogen-bond donors (Lipinski definition) is 2. The minimum Gasteiger partial charge on any atom is -0.467 e. The molecule has 0 unspecified atom stereocenters. The molecule has 0 saturated carbocycles. The Kier molecular flexibility index (Phi) is 5.88. The van der Waals surface area contributed by atoms with Gasteiger partial charge in [0, 0.05) is 11.6 Å². The first-order chi connectivity index (χ1) is 12.2. The van der Waals surface area contributed by atoms with Crippen molar-refractivity contribution in [3.63, 3.8) is 0 Å². The molecule has 1 aromatic heterocycles. The van der Waals surface area contributed by atoms with Crippen molar-refractivity contribution in [1.82, 2.24) is 10.6 Å². The summed E-state index contributed by atoms with van der Waals surface area (Å²) >= 11 is 5.95. The van der Waals surface area contributed by atoms with Crippen LogP contribution in [0.2, 0.25) is 5.02 Å². The molecule has 1 amide bonds. The molecule has 0 fully saturated rings. The van der Waals surface area contributed by atoms with E-state index in [2.05, 4.69) is 10.6 Å². The fourth-order valence-corrected chi connectivity index (χ4v) is 2.80. The van der Waals surface area contributed by atoms with E-state index in [0.717, 1.165) is 16.9 Å². The summed E-state index contributed by atoms with van der Waals surface area (Å²) < 4.78 is 5.52. The van der Waals surface area contributed by atoms with Crippen molar-refractivity contribution in [1.29, 1.82) is 0 Å². The summed E-state index contributed by atoms with van der Waals surface area (Å²) in [5.74, 6) is 0.682. The average molecular weight is 355 g/mol. The van der Waals surface area contributed by atoms with E-state index in [1.807, 2.05) is 66.7 Å². The lowest BCUT2D eigenvalue weighted by Crippen LogP contribution is -2.35. The lowest BCUT2D eigenvalue weighted by Gasteiger charge is -2.17. The molecule has 0 aliphatic rings. The zero-order valence-corrected chi connectivity index (χ0v) is 14.4. The molecule has 25 heavy (non-hydrogen) atoms. The summed E-state index contributed by atoms with van der Waals surface area (Å²) in [6.45, 7) is 0.624. The van der Waals surface area contributed by atoms with Gasteiger partial charge in [0.1, 0.15) is 5.76 Å². The Labute approximate surface area is 151 Å². The highest BCUT2D eigenvalue weighted by Gasteiger charge is 2.17. The average Bonchev–Trinajstić information content (AvgIpc) is 3.15. The molecular weight excluding hydrogens is 336 g/mol. The standard InChI is InChI=1S/C20H19ClN2O2/c21-17-9-4-6-15(12-17)13-22-19(24)14-23-20(18-10-5-11-25-18)16-7-2-1-3-8-16/h1-12,20,23H,13-14H2,(H,22,24)/t20-/m0/s1. The monoisotopic (exact) mass is 354 g/mol. The van der Waals surface area contributed by atoms with E-state index in [0.29, 0.717) is 11.6 Å². The Morgan fingerprint density at radius 1 is 1.04 bits per heavy atom. The topological polar surface area (TPSA) is 54.3 Å². The van der Waals surface area contributed by atoms with Gasteiger partial charge in [-0.3, -0.25) is 10.1 Å². The van der Waals surface area contributed by atoms with E-state index in [1.54, 1.807) is 6.26 Å². The summed E-state index contributed by atoms with van der Waals surface area (Å²) in [5, 5.41) is 6.80. The summed E-state index contributed by atoms with van der Waals surface area (Å²) in [4.78, 5) is 12.2. The molecule has 0 aliphatic carbocycles. The van der Waals surface area contributed by atoms with Gasteiger partial charge in [0.2, 0.25) is 5.91 Å². The van der Waals surface area contributed by atoms with Gasteiger partial charge in [-0.05, 0) is 35.4 Å². The summed E-state index contributed by atoms with van der Waals surface area (Å²) in [7, 11) is 0. The molecule has 0 saturated heterocycles. The molecule has 2 N–H and O–H groups in total. The van der Waals surface area contributed by atoms with Crippen LogP contribution in [0.3, 0.4) is 0 Å². The van der Waals surface area contributed by atoms with Crippen LogP contribution < -0.4 is 10.6 Å². The van der Waals surface area contributed by atoms with Crippen LogP contribution in [0.5, 0.6) is 0 Å². The second-order valence-corrected chi connectivity index (χ2v) is 6.08. The number of rotatable bonds is 7. The van der Waals surface area contributed by atoms with Crippen LogP contribution in [0, 0.1) is 0 Å². The van der Waals surface area contributed by atoms with Gasteiger partial charge in [0.25, 0.3) is 0 Å². The van der Waals surface area contributed by atoms with E-state index in [9.17, 15) is 4.79 Å². The number of halogens is 1. The van der Waals surface area contributed by atoms with Crippen LogP contribution in [-0.2, 0) is 11.3 Å². The summed E-state index contributed by atoms with van der Waals surface area (Å²) in [6.07, 6.45) is 1.63. The van der Waals surface area contributed by atoms with Gasteiger partial charge >= 0.3 is 0 Å². The maximum absolute atomic E-state index is 12.2. The SMILES string of the molecule is O=C(CN[C@@H](c1ccccc1)c1ccco1)NCc1cccc(Cl)c1. The fraction of sp³-hybridized carbons (Fsp3) is 0.150. The number of carbonyl (C=O) groups excluding carboxylic acids is 1. The highest BCUT2D eigenvalue weighted by molar-refractivity contribution is 6.30. The number of amides is 1. The van der Waals surface area contributed by atoms with Crippen molar-refractivity contribution in [2.24, 2.45) is 0 Å². The van der Waals surface area contributed by atoms with Gasteiger partial charge in [-0.2, -0.15) is 0 Å². The number of furan rings is 1. The lowest BCUT2D eigenvalue weighted by atomic mass is 10.0. The zero-order chi connectivity index (χ0) is 17.5. The molecule has 0 bridgehead atoms. The minimum atomic E-state index is -0.173. The first-order valence-corrected chi connectivity index (χ1v) is 8.43. The number of nitrogens with one attached hydrogen (secondary N) is 2. The molecule has 0 radical (unpaired) electrons. The molecule has 3 rings (SSSR count). The molecule has 3 aromatic rings. The van der Waals surface area contributed by atoms with Gasteiger partial charge in [-0.1, -0.05) is 54.1 Å². The molecule has 1 heterocycles. The van der Waals surface area contributed by atoms with Crippen molar-refractivity contribution in [2.45, 2.75) is 12.6 Å². The van der Waals surface area contributed by atoms with Crippen molar-refractivity contribution < 1.29 is 9.21 Å². The number of carbonyl (C=O) groups is 1. The van der Waals surface area contributed by atoms with Crippen LogP contribution in [0.1, 0.15) is 22.9 Å². The van der Waals surface area contributed by atoms with E-state index < -0.39 is 0 Å². The number of hydrogen-bond acceptors (Lipinski definition) is 3. The highest BCUT2D eigenvalue weighted by Crippen LogP contribution is 2.21. The van der Waals surface area contributed by atoms with Crippen molar-refractivity contribution in [3.8, 4) is 0 Å². The second kappa shape index (κ2) is 8.51. The van der Waals surface area contributed by atoms with Crippen molar-refractivity contribution in [3.05, 3.63) is 94.9 Å². The Morgan fingerprint density at radius 2 is 1.88 bits per heavy atom. The third-order valence-electron chi connectivity index (χ3n) is 3.81. The predicted octanol–water partition coefficient (Wildman–Crippen LogP) is 3.93. The van der Waals surface area contributed by atoms with Crippen molar-refractivity contribution >= 4 is 17.5 Å². The lowest BCUT2D eigenvalue weighted by molar-refractivity contribution is -0.120. The maximum Gasteiger partial charge on any atom is 0.234 e. The van der Waals surface area contributed by atoms with E-state index in [-0.39, 0.29) is 18.5 Å². The molecular formula is C20H19ClN2O2. The zero-order valence-electron chi connectivity index (χ0n) is 13.6. The smallest absolute Gasteiger partial charge is 0.234 e. The third-order valence-corrected chi connectivity index (χ3v) is 4.04. The van der Waals surface area contributed by atoms with Gasteiger partial charge in [-0.25, -0.2) is 0 Å². The van der Waals surface area contributed by atoms with Gasteiger partial charge in [0.05, 0.1) is 18.8 Å². The Balaban J connectivity index is 1.58. The largest absolute Gasteiger partial charge is 0.467 e. The molecule has 1 atom stereocenters. The van der Waals surface area contributed by atoms with Crippen LogP contribution >= 0.6 is 11.6 Å². The van der Waals surface area contributed by atoms with Gasteiger partial charge in [0.15, 0.2) is 0 Å². The second-order valence-electron chi connectivity index (χ2n) is 5.65. The van der Waals surface area contributed by atoms with Crippen LogP contribution in [0.15, 0.2) is 77.4 Å². The van der Waals surface area contributed by atoms with Crippen molar-refractivity contribution in [2.75, 3.05) is 6.54 Å². The predicted molar refractivity (Wildman–Crippen MR) is 98.3 cm³/mol. The molecule has 0 spiro atoms. The van der Waals surface area contributed by atoms with E-state index >= 15 is 0 Å². The highest BCUT2D eigenvalue weighted by atomic mass is 35.5. The molecule has 0 aliphatic heterocycles. The Bertz CT molecular complexity index is 804. The molecule has 2 aromatic carbocycles. The van der Waals surface area contributed by atoms with E-state index in [4.69, 9.17) is 16.0 Å².